The van der Waals surface area contributed by atoms with E-state index in [2.05, 4.69) is 181 Å². The van der Waals surface area contributed by atoms with Crippen molar-refractivity contribution in [1.29, 1.82) is 0 Å². The molecule has 0 aliphatic carbocycles. The average Bonchev–Trinajstić information content (AvgIpc) is 3.82. The average molecular weight is 773 g/mol. The number of aromatic hydroxyl groups is 1. The number of phenols is 1. The maximum absolute atomic E-state index is 12.3. The minimum atomic E-state index is -0.311. The van der Waals surface area contributed by atoms with E-state index in [0.717, 1.165) is 83.6 Å². The first-order chi connectivity index (χ1) is 28.3. The Bertz CT molecular complexity index is 3030. The molecule has 0 atom stereocenters. The van der Waals surface area contributed by atoms with Crippen LogP contribution in [0, 0.1) is 13.8 Å². The summed E-state index contributed by atoms with van der Waals surface area (Å²) in [6, 6.07) is 46.2. The van der Waals surface area contributed by atoms with Crippen molar-refractivity contribution in [2.24, 2.45) is 0 Å². The molecule has 6 aromatic carbocycles. The van der Waals surface area contributed by atoms with E-state index in [4.69, 9.17) is 19.4 Å². The Morgan fingerprint density at radius 3 is 2.00 bits per heavy atom. The molecule has 0 radical (unpaired) electrons. The number of hydrogen-bond donors (Lipinski definition) is 1. The molecular weight excluding hydrogens is 725 g/mol. The van der Waals surface area contributed by atoms with E-state index in [1.807, 2.05) is 12.1 Å². The highest BCUT2D eigenvalue weighted by Gasteiger charge is 2.29. The molecule has 0 amide bonds. The van der Waals surface area contributed by atoms with Gasteiger partial charge in [-0.2, -0.15) is 0 Å². The molecule has 0 aliphatic heterocycles. The zero-order chi connectivity index (χ0) is 41.2. The largest absolute Gasteiger partial charge is 0.507 e. The van der Waals surface area contributed by atoms with Crippen LogP contribution in [0.3, 0.4) is 0 Å². The van der Waals surface area contributed by atoms with Gasteiger partial charge in [0.15, 0.2) is 5.58 Å². The molecule has 3 aromatic heterocycles. The van der Waals surface area contributed by atoms with Crippen molar-refractivity contribution < 1.29 is 9.52 Å². The number of pyridine rings is 1. The number of benzene rings is 6. The van der Waals surface area contributed by atoms with Crippen LogP contribution in [0.2, 0.25) is 0 Å². The van der Waals surface area contributed by atoms with Crippen molar-refractivity contribution in [2.75, 3.05) is 0 Å². The Labute approximate surface area is 345 Å². The summed E-state index contributed by atoms with van der Waals surface area (Å²) in [6.07, 6.45) is 1.77. The van der Waals surface area contributed by atoms with E-state index in [0.29, 0.717) is 22.9 Å². The number of phenolic OH excluding ortho intramolecular Hbond substituents is 1. The smallest absolute Gasteiger partial charge is 0.227 e. The maximum atomic E-state index is 12.3. The van der Waals surface area contributed by atoms with Crippen molar-refractivity contribution >= 4 is 22.1 Å². The minimum absolute atomic E-state index is 0.170. The van der Waals surface area contributed by atoms with Gasteiger partial charge in [0.2, 0.25) is 5.89 Å². The highest BCUT2D eigenvalue weighted by molar-refractivity contribution is 5.97. The quantitative estimate of drug-likeness (QED) is 0.182. The topological polar surface area (TPSA) is 77.0 Å². The predicted octanol–water partition coefficient (Wildman–Crippen LogP) is 13.8. The summed E-state index contributed by atoms with van der Waals surface area (Å²) in [5.74, 6) is 1.53. The van der Waals surface area contributed by atoms with Crippen LogP contribution in [0.5, 0.6) is 5.75 Å². The summed E-state index contributed by atoms with van der Waals surface area (Å²) in [7, 11) is 0. The lowest BCUT2D eigenvalue weighted by Gasteiger charge is -2.27. The van der Waals surface area contributed by atoms with Crippen LogP contribution in [0.1, 0.15) is 63.8 Å². The third kappa shape index (κ3) is 6.78. The molecule has 0 spiro atoms. The van der Waals surface area contributed by atoms with Gasteiger partial charge in [-0.25, -0.2) is 9.97 Å². The second-order valence-corrected chi connectivity index (χ2v) is 17.7. The summed E-state index contributed by atoms with van der Waals surface area (Å²) in [5, 5.41) is 12.3. The molecule has 0 unspecified atom stereocenters. The van der Waals surface area contributed by atoms with E-state index < -0.39 is 0 Å². The van der Waals surface area contributed by atoms with Gasteiger partial charge < -0.3 is 9.52 Å². The van der Waals surface area contributed by atoms with Crippen LogP contribution in [0.15, 0.2) is 144 Å². The zero-order valence-corrected chi connectivity index (χ0v) is 34.9. The number of nitrogens with zero attached hydrogens (tertiary/aromatic N) is 4. The molecular formula is C53H48N4O2. The summed E-state index contributed by atoms with van der Waals surface area (Å²) in [6.45, 7) is 17.3. The fourth-order valence-electron chi connectivity index (χ4n) is 8.19. The van der Waals surface area contributed by atoms with Gasteiger partial charge in [0.25, 0.3) is 0 Å². The van der Waals surface area contributed by atoms with Crippen molar-refractivity contribution in [1.82, 2.24) is 19.5 Å². The Hall–Kier alpha value is -6.79. The Balaban J connectivity index is 1.25. The SMILES string of the molecule is Cc1cccc(C)c1-c1nc2cc(-c3cccc(-c4cccc5c4nc(-c4cc(C(C)(C)C)cc(C(C)(C)C)c4O)n5-c4ccccc4-c4ccccc4)c3)ncc2o1. The summed E-state index contributed by atoms with van der Waals surface area (Å²) < 4.78 is 8.46. The van der Waals surface area contributed by atoms with Crippen molar-refractivity contribution in [3.8, 4) is 67.8 Å². The van der Waals surface area contributed by atoms with Crippen LogP contribution in [0.4, 0.5) is 0 Å². The summed E-state index contributed by atoms with van der Waals surface area (Å²) >= 11 is 0. The second kappa shape index (κ2) is 14.2. The molecule has 1 N–H and O–H groups in total. The zero-order valence-electron chi connectivity index (χ0n) is 34.9. The molecule has 6 nitrogen and oxygen atoms in total. The van der Waals surface area contributed by atoms with Crippen molar-refractivity contribution in [2.45, 2.75) is 66.2 Å². The van der Waals surface area contributed by atoms with Gasteiger partial charge in [-0.3, -0.25) is 9.55 Å². The molecule has 0 saturated carbocycles. The number of aromatic nitrogens is 4. The minimum Gasteiger partial charge on any atom is -0.507 e. The van der Waals surface area contributed by atoms with Gasteiger partial charge in [0.05, 0.1) is 34.2 Å². The van der Waals surface area contributed by atoms with E-state index in [-0.39, 0.29) is 16.6 Å². The van der Waals surface area contributed by atoms with E-state index in [1.165, 1.54) is 0 Å². The van der Waals surface area contributed by atoms with Crippen molar-refractivity contribution in [3.05, 3.63) is 162 Å². The van der Waals surface area contributed by atoms with Gasteiger partial charge in [0, 0.05) is 27.8 Å². The fourth-order valence-corrected chi connectivity index (χ4v) is 8.19. The molecule has 3 heterocycles. The van der Waals surface area contributed by atoms with Crippen molar-refractivity contribution in [3.63, 3.8) is 0 Å². The Morgan fingerprint density at radius 1 is 0.593 bits per heavy atom. The van der Waals surface area contributed by atoms with Gasteiger partial charge in [-0.1, -0.05) is 145 Å². The molecule has 59 heavy (non-hydrogen) atoms. The second-order valence-electron chi connectivity index (χ2n) is 17.7. The number of aryl methyl sites for hydroxylation is 2. The Kier molecular flexibility index (Phi) is 9.12. The first-order valence-electron chi connectivity index (χ1n) is 20.2. The normalized spacial score (nSPS) is 12.1. The first kappa shape index (κ1) is 37.8. The van der Waals surface area contributed by atoms with Crippen LogP contribution in [-0.4, -0.2) is 24.6 Å². The predicted molar refractivity (Wildman–Crippen MR) is 242 cm³/mol. The third-order valence-corrected chi connectivity index (χ3v) is 11.4. The third-order valence-electron chi connectivity index (χ3n) is 11.4. The molecule has 0 aliphatic rings. The first-order valence-corrected chi connectivity index (χ1v) is 20.2. The van der Waals surface area contributed by atoms with Crippen LogP contribution in [-0.2, 0) is 10.8 Å². The molecule has 9 aromatic rings. The van der Waals surface area contributed by atoms with Gasteiger partial charge in [-0.05, 0) is 82.8 Å². The molecule has 6 heteroatoms. The standard InChI is InChI=1S/C53H48N4O2/c1-32-17-14-18-33(2)47(32)51-55-43-30-42(54-31-46(43)59-51)36-22-15-21-35(27-36)39-24-16-26-45-48(39)56-50(40-28-37(52(3,4)5)29-41(49(40)58)53(6,7)8)57(45)44-25-13-12-23-38(44)34-19-10-9-11-20-34/h9-31,58H,1-8H3. The van der Waals surface area contributed by atoms with E-state index in [1.54, 1.807) is 6.20 Å². The Morgan fingerprint density at radius 2 is 1.25 bits per heavy atom. The van der Waals surface area contributed by atoms with Gasteiger partial charge in [-0.15, -0.1) is 0 Å². The summed E-state index contributed by atoms with van der Waals surface area (Å²) in [4.78, 5) is 15.3. The monoisotopic (exact) mass is 772 g/mol. The lowest BCUT2D eigenvalue weighted by molar-refractivity contribution is 0.446. The number of hydrogen-bond acceptors (Lipinski definition) is 5. The number of imidazole rings is 1. The van der Waals surface area contributed by atoms with E-state index in [9.17, 15) is 5.11 Å². The van der Waals surface area contributed by atoms with Crippen LogP contribution in [0.25, 0.3) is 84.2 Å². The maximum Gasteiger partial charge on any atom is 0.227 e. The molecule has 0 bridgehead atoms. The number of rotatable bonds is 6. The number of oxazole rings is 1. The fraction of sp³-hybridized carbons (Fsp3) is 0.189. The number of para-hydroxylation sites is 2. The highest BCUT2D eigenvalue weighted by atomic mass is 16.3. The van der Waals surface area contributed by atoms with E-state index >= 15 is 0 Å². The summed E-state index contributed by atoms with van der Waals surface area (Å²) in [5.41, 5.74) is 15.5. The molecule has 9 rings (SSSR count). The molecule has 0 saturated heterocycles. The van der Waals surface area contributed by atoms with Crippen LogP contribution < -0.4 is 0 Å². The lowest BCUT2D eigenvalue weighted by atomic mass is 9.79. The van der Waals surface area contributed by atoms with Gasteiger partial charge >= 0.3 is 0 Å². The number of fused-ring (bicyclic) bond motifs is 2. The van der Waals surface area contributed by atoms with Crippen LogP contribution >= 0.6 is 0 Å². The highest BCUT2D eigenvalue weighted by Crippen LogP contribution is 2.45. The molecule has 0 fully saturated rings. The lowest BCUT2D eigenvalue weighted by Crippen LogP contribution is -2.17. The van der Waals surface area contributed by atoms with Gasteiger partial charge in [0.1, 0.15) is 17.1 Å². The molecule has 292 valence electrons.